The van der Waals surface area contributed by atoms with E-state index < -0.39 is 31.1 Å². The largest absolute Gasteiger partial charge is 0.394 e. The van der Waals surface area contributed by atoms with Gasteiger partial charge in [-0.3, -0.25) is 4.57 Å². The second-order valence-corrected chi connectivity index (χ2v) is 8.73. The Labute approximate surface area is 195 Å². The fourth-order valence-electron chi connectivity index (χ4n) is 5.05. The maximum absolute atomic E-state index is 10.4. The summed E-state index contributed by atoms with van der Waals surface area (Å²) in [5.41, 5.74) is 7.71. The highest BCUT2D eigenvalue weighted by Gasteiger charge is 2.44. The smallest absolute Gasteiger partial charge is 0.167 e. The fraction of sp³-hybridized carbons (Fsp3) is 0.320. The summed E-state index contributed by atoms with van der Waals surface area (Å²) in [5, 5.41) is 33.2. The number of imidazole rings is 1. The number of benzene rings is 2. The molecule has 3 heterocycles. The number of nitrogens with zero attached hydrogens (tertiary/aromatic N) is 4. The fourth-order valence-corrected chi connectivity index (χ4v) is 5.05. The van der Waals surface area contributed by atoms with Crippen LogP contribution >= 0.6 is 0 Å². The molecule has 34 heavy (non-hydrogen) atoms. The van der Waals surface area contributed by atoms with Crippen molar-refractivity contribution in [3.05, 3.63) is 71.8 Å². The van der Waals surface area contributed by atoms with Gasteiger partial charge in [0.1, 0.15) is 24.6 Å². The number of ether oxygens (including phenoxy) is 1. The van der Waals surface area contributed by atoms with Gasteiger partial charge in [-0.25, -0.2) is 15.0 Å². The first kappa shape index (κ1) is 21.2. The number of nitrogens with one attached hydrogen (secondary N) is 1. The molecule has 174 valence electrons. The first-order chi connectivity index (χ1) is 16.7. The van der Waals surface area contributed by atoms with Crippen molar-refractivity contribution in [3.8, 4) is 11.1 Å². The van der Waals surface area contributed by atoms with Crippen LogP contribution in [0.15, 0.2) is 55.1 Å². The second-order valence-electron chi connectivity index (χ2n) is 8.73. The summed E-state index contributed by atoms with van der Waals surface area (Å²) in [5.74, 6) is 0.589. The number of rotatable bonds is 6. The zero-order valence-corrected chi connectivity index (χ0v) is 18.4. The summed E-state index contributed by atoms with van der Waals surface area (Å²) in [7, 11) is 0. The van der Waals surface area contributed by atoms with Crippen LogP contribution in [0.1, 0.15) is 22.9 Å². The minimum Gasteiger partial charge on any atom is -0.394 e. The lowest BCUT2D eigenvalue weighted by atomic mass is 9.99. The molecular formula is C25H25N5O4. The maximum atomic E-state index is 10.4. The van der Waals surface area contributed by atoms with Crippen molar-refractivity contribution in [2.45, 2.75) is 37.4 Å². The van der Waals surface area contributed by atoms with Crippen LogP contribution in [0.3, 0.4) is 0 Å². The third-order valence-corrected chi connectivity index (χ3v) is 6.78. The van der Waals surface area contributed by atoms with Gasteiger partial charge < -0.3 is 25.4 Å². The summed E-state index contributed by atoms with van der Waals surface area (Å²) in [4.78, 5) is 13.1. The Kier molecular flexibility index (Phi) is 5.26. The zero-order valence-electron chi connectivity index (χ0n) is 18.4. The lowest BCUT2D eigenvalue weighted by Gasteiger charge is -2.16. The van der Waals surface area contributed by atoms with Gasteiger partial charge >= 0.3 is 0 Å². The minimum atomic E-state index is -1.20. The van der Waals surface area contributed by atoms with E-state index in [0.29, 0.717) is 23.5 Å². The van der Waals surface area contributed by atoms with Gasteiger partial charge in [0.15, 0.2) is 23.2 Å². The molecule has 0 unspecified atom stereocenters. The highest BCUT2D eigenvalue weighted by Crippen LogP contribution is 2.38. The zero-order chi connectivity index (χ0) is 23.2. The number of aliphatic hydroxyl groups is 3. The summed E-state index contributed by atoms with van der Waals surface area (Å²) < 4.78 is 7.19. The second kappa shape index (κ2) is 8.44. The Morgan fingerprint density at radius 1 is 1.00 bits per heavy atom. The predicted molar refractivity (Wildman–Crippen MR) is 125 cm³/mol. The first-order valence-corrected chi connectivity index (χ1v) is 11.4. The van der Waals surface area contributed by atoms with Gasteiger partial charge in [0, 0.05) is 6.54 Å². The molecule has 6 rings (SSSR count). The van der Waals surface area contributed by atoms with Crippen LogP contribution in [0.25, 0.3) is 22.3 Å². The molecule has 2 aliphatic rings. The number of aromatic nitrogens is 4. The number of anilines is 1. The third-order valence-electron chi connectivity index (χ3n) is 6.78. The minimum absolute atomic E-state index is 0.391. The van der Waals surface area contributed by atoms with E-state index in [1.807, 2.05) is 0 Å². The molecule has 1 aliphatic heterocycles. The standard InChI is InChI=1S/C25H25N5O4/c31-11-19-21(32)22(33)25(34-19)30-13-29-20-23(27-12-28-24(20)30)26-9-8-14-5-3-7-17-16-6-2-1-4-15(16)10-18(14)17/h1-7,12-13,19,21-22,25,31-33H,8-11H2,(H,26,27,28)/t19-,21-,22-,25-/m1/s1. The van der Waals surface area contributed by atoms with Gasteiger partial charge in [-0.15, -0.1) is 0 Å². The van der Waals surface area contributed by atoms with Crippen LogP contribution in [0.4, 0.5) is 5.82 Å². The average molecular weight is 460 g/mol. The van der Waals surface area contributed by atoms with Crippen LogP contribution in [0.5, 0.6) is 0 Å². The van der Waals surface area contributed by atoms with Crippen LogP contribution < -0.4 is 5.32 Å². The van der Waals surface area contributed by atoms with Crippen molar-refractivity contribution < 1.29 is 20.1 Å². The number of fused-ring (bicyclic) bond motifs is 4. The molecule has 0 saturated carbocycles. The van der Waals surface area contributed by atoms with E-state index in [-0.39, 0.29) is 0 Å². The van der Waals surface area contributed by atoms with Crippen LogP contribution in [-0.4, -0.2) is 66.3 Å². The number of aliphatic hydroxyl groups excluding tert-OH is 3. The van der Waals surface area contributed by atoms with E-state index >= 15 is 0 Å². The molecule has 2 aromatic heterocycles. The molecule has 1 aliphatic carbocycles. The van der Waals surface area contributed by atoms with E-state index in [2.05, 4.69) is 62.7 Å². The van der Waals surface area contributed by atoms with Gasteiger partial charge in [0.05, 0.1) is 12.9 Å². The van der Waals surface area contributed by atoms with Gasteiger partial charge in [-0.1, -0.05) is 42.5 Å². The highest BCUT2D eigenvalue weighted by atomic mass is 16.6. The van der Waals surface area contributed by atoms with Crippen molar-refractivity contribution in [1.29, 1.82) is 0 Å². The quantitative estimate of drug-likeness (QED) is 0.302. The topological polar surface area (TPSA) is 126 Å². The van der Waals surface area contributed by atoms with E-state index in [9.17, 15) is 15.3 Å². The molecule has 0 spiro atoms. The van der Waals surface area contributed by atoms with Gasteiger partial charge in [-0.05, 0) is 40.7 Å². The molecule has 0 amide bonds. The number of hydrogen-bond donors (Lipinski definition) is 4. The van der Waals surface area contributed by atoms with E-state index in [1.54, 1.807) is 4.57 Å². The Morgan fingerprint density at radius 3 is 2.71 bits per heavy atom. The molecule has 4 N–H and O–H groups in total. The molecular weight excluding hydrogens is 434 g/mol. The molecule has 4 atom stereocenters. The summed E-state index contributed by atoms with van der Waals surface area (Å²) in [6.45, 7) is 0.275. The van der Waals surface area contributed by atoms with Crippen molar-refractivity contribution in [2.75, 3.05) is 18.5 Å². The Bertz CT molecular complexity index is 1360. The molecule has 9 heteroatoms. The van der Waals surface area contributed by atoms with E-state index in [1.165, 1.54) is 40.5 Å². The number of hydrogen-bond acceptors (Lipinski definition) is 8. The lowest BCUT2D eigenvalue weighted by molar-refractivity contribution is -0.0511. The Balaban J connectivity index is 1.20. The molecule has 0 bridgehead atoms. The highest BCUT2D eigenvalue weighted by molar-refractivity contribution is 5.83. The Hall–Kier alpha value is -3.37. The summed E-state index contributed by atoms with van der Waals surface area (Å²) >= 11 is 0. The monoisotopic (exact) mass is 459 g/mol. The van der Waals surface area contributed by atoms with Crippen molar-refractivity contribution in [3.63, 3.8) is 0 Å². The molecule has 1 saturated heterocycles. The van der Waals surface area contributed by atoms with Crippen LogP contribution in [-0.2, 0) is 17.6 Å². The average Bonchev–Trinajstić information content (AvgIpc) is 3.54. The lowest BCUT2D eigenvalue weighted by Crippen LogP contribution is -2.33. The van der Waals surface area contributed by atoms with E-state index in [4.69, 9.17) is 4.74 Å². The van der Waals surface area contributed by atoms with Crippen molar-refractivity contribution >= 4 is 17.0 Å². The molecule has 0 radical (unpaired) electrons. The van der Waals surface area contributed by atoms with Crippen molar-refractivity contribution in [2.24, 2.45) is 0 Å². The summed E-state index contributed by atoms with van der Waals surface area (Å²) in [6, 6.07) is 15.0. The maximum Gasteiger partial charge on any atom is 0.167 e. The molecule has 2 aromatic carbocycles. The summed E-state index contributed by atoms with van der Waals surface area (Å²) in [6.07, 6.45) is 0.569. The first-order valence-electron chi connectivity index (χ1n) is 11.4. The van der Waals surface area contributed by atoms with Gasteiger partial charge in [0.2, 0.25) is 0 Å². The molecule has 1 fully saturated rings. The third kappa shape index (κ3) is 3.36. The van der Waals surface area contributed by atoms with Crippen LogP contribution in [0, 0.1) is 0 Å². The SMILES string of the molecule is OC[C@H]1O[C@@H](n2cnc3c(NCCc4cccc5c4Cc4ccccc4-5)ncnc32)[C@H](O)[C@@H]1O. The Morgan fingerprint density at radius 2 is 1.85 bits per heavy atom. The van der Waals surface area contributed by atoms with Crippen molar-refractivity contribution in [1.82, 2.24) is 19.5 Å². The predicted octanol–water partition coefficient (Wildman–Crippen LogP) is 1.66. The normalized spacial score (nSPS) is 23.3. The molecule has 9 nitrogen and oxygen atoms in total. The van der Waals surface area contributed by atoms with Crippen LogP contribution in [0.2, 0.25) is 0 Å². The van der Waals surface area contributed by atoms with Gasteiger partial charge in [-0.2, -0.15) is 0 Å². The molecule has 4 aromatic rings. The van der Waals surface area contributed by atoms with Gasteiger partial charge in [0.25, 0.3) is 0 Å². The van der Waals surface area contributed by atoms with E-state index in [0.717, 1.165) is 12.8 Å².